The van der Waals surface area contributed by atoms with Gasteiger partial charge in [0, 0.05) is 19.3 Å². The Morgan fingerprint density at radius 2 is 2.31 bits per heavy atom. The van der Waals surface area contributed by atoms with Crippen molar-refractivity contribution in [3.63, 3.8) is 0 Å². The van der Waals surface area contributed by atoms with E-state index in [1.165, 1.54) is 0 Å². The molecular weight excluding hydrogens is 213 g/mol. The highest BCUT2D eigenvalue weighted by Gasteiger charge is 2.07. The standard InChI is InChI=1S/C8H10FN7/c1-16-3-2-6(15-16)12-7-5(9)4-11-8(13-7)14-10/h2-4H,10H2,1H3,(H2,11,12,13,14,15). The van der Waals surface area contributed by atoms with Crippen molar-refractivity contribution < 1.29 is 4.39 Å². The van der Waals surface area contributed by atoms with Crippen LogP contribution in [0.5, 0.6) is 0 Å². The first-order valence-electron chi connectivity index (χ1n) is 4.45. The number of hydrogen-bond acceptors (Lipinski definition) is 6. The molecule has 2 rings (SSSR count). The first-order valence-corrected chi connectivity index (χ1v) is 4.45. The van der Waals surface area contributed by atoms with Crippen LogP contribution < -0.4 is 16.6 Å². The highest BCUT2D eigenvalue weighted by Crippen LogP contribution is 2.16. The molecule has 84 valence electrons. The van der Waals surface area contributed by atoms with Crippen LogP contribution in [0.25, 0.3) is 0 Å². The van der Waals surface area contributed by atoms with Gasteiger partial charge in [-0.3, -0.25) is 10.1 Å². The molecule has 0 aliphatic heterocycles. The highest BCUT2D eigenvalue weighted by molar-refractivity contribution is 5.52. The molecule has 8 heteroatoms. The molecule has 0 saturated carbocycles. The Labute approximate surface area is 90.5 Å². The van der Waals surface area contributed by atoms with Crippen LogP contribution in [-0.2, 0) is 7.05 Å². The summed E-state index contributed by atoms with van der Waals surface area (Å²) < 4.78 is 14.9. The van der Waals surface area contributed by atoms with E-state index >= 15 is 0 Å². The molecule has 0 bridgehead atoms. The molecule has 0 amide bonds. The van der Waals surface area contributed by atoms with Crippen molar-refractivity contribution in [2.45, 2.75) is 0 Å². The average Bonchev–Trinajstić information content (AvgIpc) is 2.67. The lowest BCUT2D eigenvalue weighted by Gasteiger charge is -2.04. The smallest absolute Gasteiger partial charge is 0.239 e. The maximum atomic E-state index is 13.3. The van der Waals surface area contributed by atoms with Gasteiger partial charge in [0.15, 0.2) is 17.5 Å². The van der Waals surface area contributed by atoms with Crippen LogP contribution >= 0.6 is 0 Å². The van der Waals surface area contributed by atoms with Crippen molar-refractivity contribution in [2.24, 2.45) is 12.9 Å². The maximum absolute atomic E-state index is 13.3. The summed E-state index contributed by atoms with van der Waals surface area (Å²) in [4.78, 5) is 7.43. The summed E-state index contributed by atoms with van der Waals surface area (Å²) in [6.07, 6.45) is 2.75. The molecule has 0 fully saturated rings. The highest BCUT2D eigenvalue weighted by atomic mass is 19.1. The van der Waals surface area contributed by atoms with E-state index < -0.39 is 5.82 Å². The fourth-order valence-electron chi connectivity index (χ4n) is 1.13. The van der Waals surface area contributed by atoms with Crippen LogP contribution in [0.1, 0.15) is 0 Å². The lowest BCUT2D eigenvalue weighted by Crippen LogP contribution is -2.12. The summed E-state index contributed by atoms with van der Waals surface area (Å²) in [7, 11) is 1.76. The van der Waals surface area contributed by atoms with Crippen molar-refractivity contribution in [1.82, 2.24) is 19.7 Å². The minimum absolute atomic E-state index is 0.0154. The van der Waals surface area contributed by atoms with Crippen LogP contribution in [-0.4, -0.2) is 19.7 Å². The zero-order valence-electron chi connectivity index (χ0n) is 8.48. The summed E-state index contributed by atoms with van der Waals surface area (Å²) in [5, 5.41) is 6.74. The van der Waals surface area contributed by atoms with E-state index in [0.717, 1.165) is 6.20 Å². The first kappa shape index (κ1) is 10.3. The van der Waals surface area contributed by atoms with Crippen molar-refractivity contribution >= 4 is 17.6 Å². The van der Waals surface area contributed by atoms with Crippen molar-refractivity contribution in [3.8, 4) is 0 Å². The molecule has 0 radical (unpaired) electrons. The van der Waals surface area contributed by atoms with Gasteiger partial charge in [-0.1, -0.05) is 0 Å². The van der Waals surface area contributed by atoms with Crippen molar-refractivity contribution in [3.05, 3.63) is 24.3 Å². The Balaban J connectivity index is 2.26. The molecule has 0 spiro atoms. The summed E-state index contributed by atoms with van der Waals surface area (Å²) in [5.74, 6) is 5.17. The molecular formula is C8H10FN7. The number of hydrogen-bond donors (Lipinski definition) is 3. The second-order valence-corrected chi connectivity index (χ2v) is 3.03. The molecule has 0 aliphatic carbocycles. The van der Waals surface area contributed by atoms with Gasteiger partial charge < -0.3 is 5.32 Å². The third kappa shape index (κ3) is 2.06. The lowest BCUT2D eigenvalue weighted by atomic mass is 10.5. The summed E-state index contributed by atoms with van der Waals surface area (Å²) in [6, 6.07) is 1.69. The van der Waals surface area contributed by atoms with Gasteiger partial charge in [0.2, 0.25) is 5.95 Å². The molecule has 0 aliphatic rings. The molecule has 0 unspecified atom stereocenters. The monoisotopic (exact) mass is 223 g/mol. The Kier molecular flexibility index (Phi) is 2.64. The van der Waals surface area contributed by atoms with Crippen molar-refractivity contribution in [2.75, 3.05) is 10.7 Å². The lowest BCUT2D eigenvalue weighted by molar-refractivity contribution is 0.619. The third-order valence-corrected chi connectivity index (χ3v) is 1.83. The van der Waals surface area contributed by atoms with E-state index in [-0.39, 0.29) is 11.8 Å². The maximum Gasteiger partial charge on any atom is 0.239 e. The number of aromatic nitrogens is 4. The Hall–Kier alpha value is -2.22. The zero-order chi connectivity index (χ0) is 11.5. The molecule has 4 N–H and O–H groups in total. The molecule has 0 atom stereocenters. The van der Waals surface area contributed by atoms with Crippen molar-refractivity contribution in [1.29, 1.82) is 0 Å². The van der Waals surface area contributed by atoms with E-state index in [1.54, 1.807) is 24.0 Å². The Morgan fingerprint density at radius 3 is 2.94 bits per heavy atom. The zero-order valence-corrected chi connectivity index (χ0v) is 8.48. The van der Waals surface area contributed by atoms with Gasteiger partial charge in [-0.05, 0) is 0 Å². The molecule has 2 aromatic rings. The summed E-state index contributed by atoms with van der Waals surface area (Å²) in [5.41, 5.74) is 2.23. The predicted octanol–water partition coefficient (Wildman–Crippen LogP) is 0.378. The summed E-state index contributed by atoms with van der Waals surface area (Å²) in [6.45, 7) is 0. The fraction of sp³-hybridized carbons (Fsp3) is 0.125. The van der Waals surface area contributed by atoms with Crippen LogP contribution in [0.2, 0.25) is 0 Å². The van der Waals surface area contributed by atoms with Crippen LogP contribution in [0.4, 0.5) is 22.0 Å². The number of nitrogens with zero attached hydrogens (tertiary/aromatic N) is 4. The molecule has 0 aromatic carbocycles. The average molecular weight is 223 g/mol. The number of nitrogens with two attached hydrogens (primary N) is 1. The largest absolute Gasteiger partial charge is 0.321 e. The van der Waals surface area contributed by atoms with Gasteiger partial charge in [0.1, 0.15) is 0 Å². The molecule has 2 heterocycles. The predicted molar refractivity (Wildman–Crippen MR) is 56.3 cm³/mol. The Morgan fingerprint density at radius 1 is 1.50 bits per heavy atom. The first-order chi connectivity index (χ1) is 7.69. The third-order valence-electron chi connectivity index (χ3n) is 1.83. The quantitative estimate of drug-likeness (QED) is 0.514. The second-order valence-electron chi connectivity index (χ2n) is 3.03. The molecule has 7 nitrogen and oxygen atoms in total. The van der Waals surface area contributed by atoms with Crippen LogP contribution in [0.3, 0.4) is 0 Å². The van der Waals surface area contributed by atoms with Gasteiger partial charge >= 0.3 is 0 Å². The Bertz CT molecular complexity index is 495. The summed E-state index contributed by atoms with van der Waals surface area (Å²) >= 11 is 0. The number of rotatable bonds is 3. The van der Waals surface area contributed by atoms with E-state index in [4.69, 9.17) is 5.84 Å². The van der Waals surface area contributed by atoms with E-state index in [9.17, 15) is 4.39 Å². The normalized spacial score (nSPS) is 10.2. The van der Waals surface area contributed by atoms with E-state index in [2.05, 4.69) is 25.8 Å². The van der Waals surface area contributed by atoms with Gasteiger partial charge in [-0.15, -0.1) is 0 Å². The van der Waals surface area contributed by atoms with Gasteiger partial charge in [-0.25, -0.2) is 15.2 Å². The van der Waals surface area contributed by atoms with Gasteiger partial charge in [0.05, 0.1) is 6.20 Å². The second kappa shape index (κ2) is 4.11. The van der Waals surface area contributed by atoms with E-state index in [1.807, 2.05) is 0 Å². The molecule has 2 aromatic heterocycles. The SMILES string of the molecule is Cn1ccc(Nc2nc(NN)ncc2F)n1. The molecule has 16 heavy (non-hydrogen) atoms. The minimum atomic E-state index is -0.579. The molecule has 0 saturated heterocycles. The van der Waals surface area contributed by atoms with Crippen LogP contribution in [0.15, 0.2) is 18.5 Å². The number of aryl methyl sites for hydroxylation is 1. The fourth-order valence-corrected chi connectivity index (χ4v) is 1.13. The number of anilines is 3. The minimum Gasteiger partial charge on any atom is -0.321 e. The number of halogens is 1. The van der Waals surface area contributed by atoms with Gasteiger partial charge in [-0.2, -0.15) is 10.1 Å². The van der Waals surface area contributed by atoms with Gasteiger partial charge in [0.25, 0.3) is 0 Å². The number of hydrazine groups is 1. The van der Waals surface area contributed by atoms with Crippen LogP contribution in [0, 0.1) is 5.82 Å². The topological polar surface area (TPSA) is 93.7 Å². The van der Waals surface area contributed by atoms with E-state index in [0.29, 0.717) is 5.82 Å². The number of nitrogens with one attached hydrogen (secondary N) is 2. The number of nitrogen functional groups attached to an aromatic ring is 1.